The smallest absolute Gasteiger partial charge is 0.0991 e. The second-order valence-electron chi connectivity index (χ2n) is 4.43. The van der Waals surface area contributed by atoms with Gasteiger partial charge in [-0.05, 0) is 40.8 Å². The molecule has 0 N–H and O–H groups in total. The molecule has 0 atom stereocenters. The van der Waals surface area contributed by atoms with Gasteiger partial charge in [-0.1, -0.05) is 30.3 Å². The van der Waals surface area contributed by atoms with Gasteiger partial charge >= 0.3 is 0 Å². The summed E-state index contributed by atoms with van der Waals surface area (Å²) in [7, 11) is 0. The van der Waals surface area contributed by atoms with Gasteiger partial charge in [0.25, 0.3) is 0 Å². The largest absolute Gasteiger partial charge is 0.376 e. The van der Waals surface area contributed by atoms with Crippen molar-refractivity contribution in [3.05, 3.63) is 59.2 Å². The van der Waals surface area contributed by atoms with Crippen LogP contribution in [0.3, 0.4) is 0 Å². The number of hydrogen-bond donors (Lipinski definition) is 0. The molecular formula is C16H13NO. The summed E-state index contributed by atoms with van der Waals surface area (Å²) in [5, 5.41) is 8.82. The maximum Gasteiger partial charge on any atom is 0.0991 e. The molecule has 2 aromatic rings. The van der Waals surface area contributed by atoms with E-state index in [4.69, 9.17) is 10.00 Å². The van der Waals surface area contributed by atoms with E-state index in [-0.39, 0.29) is 0 Å². The molecule has 1 heterocycles. The highest BCUT2D eigenvalue weighted by Gasteiger charge is 2.13. The van der Waals surface area contributed by atoms with Crippen LogP contribution in [0, 0.1) is 11.3 Å². The van der Waals surface area contributed by atoms with Crippen molar-refractivity contribution in [1.82, 2.24) is 0 Å². The maximum atomic E-state index is 8.82. The van der Waals surface area contributed by atoms with Crippen molar-refractivity contribution in [2.24, 2.45) is 0 Å². The normalized spacial score (nSPS) is 13.7. The first-order valence-electron chi connectivity index (χ1n) is 6.07. The predicted octanol–water partition coefficient (Wildman–Crippen LogP) is 3.30. The number of rotatable bonds is 1. The second-order valence-corrected chi connectivity index (χ2v) is 4.43. The summed E-state index contributed by atoms with van der Waals surface area (Å²) in [6, 6.07) is 16.3. The van der Waals surface area contributed by atoms with Crippen molar-refractivity contribution in [2.45, 2.75) is 13.0 Å². The molecule has 88 valence electrons. The van der Waals surface area contributed by atoms with Crippen molar-refractivity contribution < 1.29 is 4.74 Å². The molecule has 0 spiro atoms. The Bertz CT molecular complexity index is 608. The molecular weight excluding hydrogens is 222 g/mol. The Kier molecular flexibility index (Phi) is 2.84. The number of fused-ring (bicyclic) bond motifs is 1. The van der Waals surface area contributed by atoms with Gasteiger partial charge in [-0.15, -0.1) is 0 Å². The molecule has 0 saturated heterocycles. The Morgan fingerprint density at radius 2 is 1.89 bits per heavy atom. The molecule has 0 bridgehead atoms. The van der Waals surface area contributed by atoms with Crippen molar-refractivity contribution in [3.63, 3.8) is 0 Å². The van der Waals surface area contributed by atoms with Crippen LogP contribution in [0.1, 0.15) is 16.7 Å². The molecule has 0 amide bonds. The SMILES string of the molecule is N#Cc1ccc(-c2cccc3c2COCC3)cc1. The summed E-state index contributed by atoms with van der Waals surface area (Å²) in [6.07, 6.45) is 0.986. The molecule has 0 saturated carbocycles. The van der Waals surface area contributed by atoms with Crippen LogP contribution in [0.15, 0.2) is 42.5 Å². The molecule has 0 aromatic heterocycles. The van der Waals surface area contributed by atoms with E-state index in [9.17, 15) is 0 Å². The van der Waals surface area contributed by atoms with Gasteiger partial charge in [0.2, 0.25) is 0 Å². The van der Waals surface area contributed by atoms with E-state index in [1.54, 1.807) is 0 Å². The van der Waals surface area contributed by atoms with Gasteiger partial charge in [0.15, 0.2) is 0 Å². The predicted molar refractivity (Wildman–Crippen MR) is 70.0 cm³/mol. The minimum absolute atomic E-state index is 0.686. The maximum absolute atomic E-state index is 8.82. The fourth-order valence-corrected chi connectivity index (χ4v) is 2.39. The standard InChI is InChI=1S/C16H13NO/c17-10-12-4-6-14(7-5-12)15-3-1-2-13-8-9-18-11-16(13)15/h1-7H,8-9,11H2. The molecule has 1 aliphatic heterocycles. The molecule has 0 radical (unpaired) electrons. The van der Waals surface area contributed by atoms with Crippen molar-refractivity contribution in [2.75, 3.05) is 6.61 Å². The lowest BCUT2D eigenvalue weighted by molar-refractivity contribution is 0.111. The average molecular weight is 235 g/mol. The topological polar surface area (TPSA) is 33.0 Å². The zero-order chi connectivity index (χ0) is 12.4. The number of nitrogens with zero attached hydrogens (tertiary/aromatic N) is 1. The number of hydrogen-bond acceptors (Lipinski definition) is 2. The highest BCUT2D eigenvalue weighted by Crippen LogP contribution is 2.29. The zero-order valence-corrected chi connectivity index (χ0v) is 10.0. The van der Waals surface area contributed by atoms with Crippen LogP contribution in [0.4, 0.5) is 0 Å². The van der Waals surface area contributed by atoms with Crippen LogP contribution < -0.4 is 0 Å². The van der Waals surface area contributed by atoms with Gasteiger partial charge in [-0.3, -0.25) is 0 Å². The third-order valence-corrected chi connectivity index (χ3v) is 3.36. The molecule has 0 fully saturated rings. The number of nitriles is 1. The zero-order valence-electron chi connectivity index (χ0n) is 10.0. The minimum atomic E-state index is 0.686. The lowest BCUT2D eigenvalue weighted by atomic mass is 9.93. The van der Waals surface area contributed by atoms with Crippen LogP contribution in [0.5, 0.6) is 0 Å². The first kappa shape index (κ1) is 11.0. The molecule has 18 heavy (non-hydrogen) atoms. The van der Waals surface area contributed by atoms with E-state index in [0.29, 0.717) is 12.2 Å². The Balaban J connectivity index is 2.08. The third-order valence-electron chi connectivity index (χ3n) is 3.36. The molecule has 1 aliphatic rings. The van der Waals surface area contributed by atoms with Gasteiger partial charge in [-0.25, -0.2) is 0 Å². The quantitative estimate of drug-likeness (QED) is 0.759. The van der Waals surface area contributed by atoms with Crippen LogP contribution in [-0.2, 0) is 17.8 Å². The van der Waals surface area contributed by atoms with Crippen molar-refractivity contribution in [1.29, 1.82) is 5.26 Å². The third kappa shape index (κ3) is 1.90. The van der Waals surface area contributed by atoms with Crippen LogP contribution >= 0.6 is 0 Å². The average Bonchev–Trinajstić information content (AvgIpc) is 2.47. The number of benzene rings is 2. The Labute approximate surface area is 106 Å². The van der Waals surface area contributed by atoms with E-state index >= 15 is 0 Å². The summed E-state index contributed by atoms with van der Waals surface area (Å²) in [5.74, 6) is 0. The highest BCUT2D eigenvalue weighted by atomic mass is 16.5. The van der Waals surface area contributed by atoms with Crippen LogP contribution in [0.2, 0.25) is 0 Å². The van der Waals surface area contributed by atoms with Gasteiger partial charge in [-0.2, -0.15) is 5.26 Å². The highest BCUT2D eigenvalue weighted by molar-refractivity contribution is 5.69. The lowest BCUT2D eigenvalue weighted by Gasteiger charge is -2.19. The summed E-state index contributed by atoms with van der Waals surface area (Å²) >= 11 is 0. The summed E-state index contributed by atoms with van der Waals surface area (Å²) in [5.41, 5.74) is 5.73. The Morgan fingerprint density at radius 3 is 2.67 bits per heavy atom. The molecule has 2 nitrogen and oxygen atoms in total. The van der Waals surface area contributed by atoms with E-state index in [1.165, 1.54) is 16.7 Å². The van der Waals surface area contributed by atoms with E-state index < -0.39 is 0 Å². The molecule has 0 aliphatic carbocycles. The van der Waals surface area contributed by atoms with Gasteiger partial charge in [0, 0.05) is 0 Å². The summed E-state index contributed by atoms with van der Waals surface area (Å²) in [6.45, 7) is 1.50. The van der Waals surface area contributed by atoms with Crippen molar-refractivity contribution in [3.8, 4) is 17.2 Å². The molecule has 0 unspecified atom stereocenters. The van der Waals surface area contributed by atoms with Crippen molar-refractivity contribution >= 4 is 0 Å². The molecule has 2 heteroatoms. The van der Waals surface area contributed by atoms with Crippen LogP contribution in [0.25, 0.3) is 11.1 Å². The van der Waals surface area contributed by atoms with Gasteiger partial charge in [0.1, 0.15) is 0 Å². The summed E-state index contributed by atoms with van der Waals surface area (Å²) < 4.78 is 5.55. The minimum Gasteiger partial charge on any atom is -0.376 e. The Morgan fingerprint density at radius 1 is 1.06 bits per heavy atom. The lowest BCUT2D eigenvalue weighted by Crippen LogP contribution is -2.10. The second kappa shape index (κ2) is 4.64. The fourth-order valence-electron chi connectivity index (χ4n) is 2.39. The molecule has 2 aromatic carbocycles. The van der Waals surface area contributed by atoms with E-state index in [2.05, 4.69) is 24.3 Å². The fraction of sp³-hybridized carbons (Fsp3) is 0.188. The monoisotopic (exact) mass is 235 g/mol. The van der Waals surface area contributed by atoms with E-state index in [0.717, 1.165) is 18.6 Å². The first-order valence-corrected chi connectivity index (χ1v) is 6.07. The summed E-state index contributed by atoms with van der Waals surface area (Å²) in [4.78, 5) is 0. The van der Waals surface area contributed by atoms with E-state index in [1.807, 2.05) is 24.3 Å². The first-order chi connectivity index (χ1) is 8.88. The molecule has 3 rings (SSSR count). The van der Waals surface area contributed by atoms with Gasteiger partial charge in [0.05, 0.1) is 24.8 Å². The number of ether oxygens (including phenoxy) is 1. The Hall–Kier alpha value is -2.11. The van der Waals surface area contributed by atoms with Crippen LogP contribution in [-0.4, -0.2) is 6.61 Å². The van der Waals surface area contributed by atoms with Gasteiger partial charge < -0.3 is 4.74 Å².